The van der Waals surface area contributed by atoms with Crippen molar-refractivity contribution in [1.29, 1.82) is 0 Å². The molecule has 0 radical (unpaired) electrons. The number of rotatable bonds is 15. The van der Waals surface area contributed by atoms with Crippen molar-refractivity contribution >= 4 is 50.8 Å². The van der Waals surface area contributed by atoms with Crippen LogP contribution in [0.25, 0.3) is 43.4 Å². The smallest absolute Gasteiger partial charge is 0.243 e. The third-order valence-electron chi connectivity index (χ3n) is 14.1. The van der Waals surface area contributed by atoms with Gasteiger partial charge in [0.05, 0.1) is 46.5 Å². The fourth-order valence-corrected chi connectivity index (χ4v) is 10.8. The van der Waals surface area contributed by atoms with Crippen LogP contribution in [0.4, 0.5) is 5.82 Å². The first kappa shape index (κ1) is 45.6. The molecule has 4 atom stereocenters. The molecular weight excluding hydrogens is 879 g/mol. The fraction of sp³-hybridized carbons (Fsp3) is 0.423. The van der Waals surface area contributed by atoms with Crippen LogP contribution in [-0.4, -0.2) is 122 Å². The second-order valence-electron chi connectivity index (χ2n) is 18.9. The van der Waals surface area contributed by atoms with Gasteiger partial charge in [-0.2, -0.15) is 0 Å². The van der Waals surface area contributed by atoms with Crippen LogP contribution in [-0.2, 0) is 21.4 Å². The van der Waals surface area contributed by atoms with Crippen molar-refractivity contribution in [3.05, 3.63) is 108 Å². The van der Waals surface area contributed by atoms with Crippen LogP contribution in [0.15, 0.2) is 95.4 Å². The van der Waals surface area contributed by atoms with Gasteiger partial charge in [-0.25, -0.2) is 9.97 Å². The van der Waals surface area contributed by atoms with E-state index in [1.165, 1.54) is 10.3 Å². The van der Waals surface area contributed by atoms with E-state index in [0.717, 1.165) is 94.8 Å². The van der Waals surface area contributed by atoms with Crippen LogP contribution < -0.4 is 15.0 Å². The molecule has 2 amide bonds. The van der Waals surface area contributed by atoms with Gasteiger partial charge < -0.3 is 38.8 Å². The maximum Gasteiger partial charge on any atom is 0.243 e. The number of hydrogen-bond acceptors (Lipinski definition) is 13. The molecule has 0 bridgehead atoms. The number of hydrogen-bond donors (Lipinski definition) is 2. The average molecular weight is 938 g/mol. The highest BCUT2D eigenvalue weighted by atomic mass is 32.1. The summed E-state index contributed by atoms with van der Waals surface area (Å²) in [6.07, 6.45) is 6.95. The quantitative estimate of drug-likeness (QED) is 0.104. The number of fused-ring (bicyclic) bond motifs is 3. The summed E-state index contributed by atoms with van der Waals surface area (Å²) in [6, 6.07) is 21.4. The van der Waals surface area contributed by atoms with Gasteiger partial charge in [-0.15, -0.1) is 11.3 Å². The predicted molar refractivity (Wildman–Crippen MR) is 263 cm³/mol. The number of β-amino-alcohol motifs (C(OH)–C–C–N with tert-alkyl or cyclic N) is 1. The zero-order chi connectivity index (χ0) is 47.1. The number of pyridine rings is 2. The molecule has 2 aromatic carbocycles. The van der Waals surface area contributed by atoms with E-state index in [9.17, 15) is 14.7 Å². The van der Waals surface area contributed by atoms with Crippen molar-refractivity contribution in [3.63, 3.8) is 0 Å². The number of benzene rings is 2. The van der Waals surface area contributed by atoms with Crippen LogP contribution in [0.5, 0.6) is 5.88 Å². The molecule has 10 rings (SSSR count). The van der Waals surface area contributed by atoms with E-state index in [0.29, 0.717) is 24.1 Å². The van der Waals surface area contributed by atoms with Crippen LogP contribution in [0.2, 0.25) is 0 Å². The Hall–Kier alpha value is -6.20. The molecule has 7 heterocycles. The van der Waals surface area contributed by atoms with E-state index >= 15 is 0 Å². The minimum Gasteiger partial charge on any atom is -0.474 e. The van der Waals surface area contributed by atoms with Crippen molar-refractivity contribution < 1.29 is 28.7 Å². The number of likely N-dealkylation sites (tertiary alicyclic amines) is 1. The molecule has 68 heavy (non-hydrogen) atoms. The fourth-order valence-electron chi connectivity index (χ4n) is 10.0. The summed E-state index contributed by atoms with van der Waals surface area (Å²) in [5.41, 5.74) is 9.32. The van der Waals surface area contributed by atoms with E-state index in [2.05, 4.69) is 71.1 Å². The Bertz CT molecular complexity index is 2880. The van der Waals surface area contributed by atoms with E-state index in [-0.39, 0.29) is 48.9 Å². The topological polar surface area (TPSA) is 164 Å². The van der Waals surface area contributed by atoms with Crippen molar-refractivity contribution in [1.82, 2.24) is 39.8 Å². The molecule has 1 saturated carbocycles. The molecule has 1 aliphatic carbocycles. The van der Waals surface area contributed by atoms with Crippen molar-refractivity contribution in [2.24, 2.45) is 13.0 Å². The number of anilines is 1. The Kier molecular flexibility index (Phi) is 13.0. The van der Waals surface area contributed by atoms with Crippen molar-refractivity contribution in [2.45, 2.75) is 83.3 Å². The number of carbonyl (C=O) groups excluding carboxylic acids is 2. The highest BCUT2D eigenvalue weighted by molar-refractivity contribution is 7.13. The zero-order valence-corrected chi connectivity index (χ0v) is 40.1. The molecule has 2 saturated heterocycles. The molecule has 16 heteroatoms. The number of aliphatic hydroxyl groups is 1. The first-order chi connectivity index (χ1) is 33.0. The lowest BCUT2D eigenvalue weighted by Crippen LogP contribution is -2.48. The monoisotopic (exact) mass is 937 g/mol. The highest BCUT2D eigenvalue weighted by Gasteiger charge is 2.44. The maximum atomic E-state index is 14.3. The van der Waals surface area contributed by atoms with Gasteiger partial charge in [0.1, 0.15) is 18.1 Å². The number of thiazole rings is 1. The van der Waals surface area contributed by atoms with E-state index in [4.69, 9.17) is 14.0 Å². The van der Waals surface area contributed by atoms with Gasteiger partial charge in [-0.1, -0.05) is 55.4 Å². The standard InChI is InChI=1S/C52H59N9O6S/c1-31(2)49(52(64)61-29-38(62)23-45(61)51(63)56-32(3)34-6-8-35(9-7-34)50-33(4)55-30-68-50)46-26-47(57-67-46)60-18-16-59(17-19-60)20-21-65-39-24-40(25-39)66-48-13-11-37(27-54-48)36-10-12-41-42-28-53-15-14-43(42)58(5)44(41)22-36/h6-15,22,26-28,30-32,38-40,45,49,62H,16-21,23-25,29H2,1-5H3,(H,56,63)/t32-,38+,39?,40?,45-,49+/m0/s1. The predicted octanol–water partition coefficient (Wildman–Crippen LogP) is 7.54. The number of amides is 2. The van der Waals surface area contributed by atoms with E-state index < -0.39 is 18.1 Å². The van der Waals surface area contributed by atoms with Gasteiger partial charge in [0.15, 0.2) is 11.6 Å². The van der Waals surface area contributed by atoms with Crippen LogP contribution in [0, 0.1) is 12.8 Å². The molecule has 5 aromatic heterocycles. The average Bonchev–Trinajstić information content (AvgIpc) is 4.15. The van der Waals surface area contributed by atoms with Gasteiger partial charge in [-0.05, 0) is 54.7 Å². The van der Waals surface area contributed by atoms with Gasteiger partial charge in [-0.3, -0.25) is 19.5 Å². The SMILES string of the molecule is Cc1ncsc1-c1ccc([C@H](C)NC(=O)[C@@H]2C[C@@H](O)CN2C(=O)[C@@H](c2cc(N3CCN(CCOC4CC(Oc5ccc(-c6ccc7c8cnccc8n(C)c7c6)cn5)C4)CC3)no2)C(C)C)cc1. The van der Waals surface area contributed by atoms with Crippen LogP contribution in [0.1, 0.15) is 69.0 Å². The highest BCUT2D eigenvalue weighted by Crippen LogP contribution is 2.35. The van der Waals surface area contributed by atoms with Gasteiger partial charge in [0.25, 0.3) is 0 Å². The number of aryl methyl sites for hydroxylation is 2. The molecule has 354 valence electrons. The Labute approximate surface area is 400 Å². The van der Waals surface area contributed by atoms with Crippen LogP contribution >= 0.6 is 11.3 Å². The summed E-state index contributed by atoms with van der Waals surface area (Å²) in [4.78, 5) is 48.6. The summed E-state index contributed by atoms with van der Waals surface area (Å²) >= 11 is 1.60. The first-order valence-corrected chi connectivity index (χ1v) is 24.7. The molecular formula is C52H59N9O6S. The third kappa shape index (κ3) is 9.34. The number of aliphatic hydroxyl groups excluding tert-OH is 1. The number of piperazine rings is 1. The van der Waals surface area contributed by atoms with Crippen LogP contribution in [0.3, 0.4) is 0 Å². The van der Waals surface area contributed by atoms with E-state index in [1.807, 2.05) is 94.3 Å². The van der Waals surface area contributed by atoms with Gasteiger partial charge in [0.2, 0.25) is 17.7 Å². The number of nitrogens with one attached hydrogen (secondary N) is 1. The molecule has 2 N–H and O–H groups in total. The minimum atomic E-state index is -0.804. The zero-order valence-electron chi connectivity index (χ0n) is 39.2. The Morgan fingerprint density at radius 2 is 1.66 bits per heavy atom. The summed E-state index contributed by atoms with van der Waals surface area (Å²) in [5, 5.41) is 20.6. The maximum absolute atomic E-state index is 14.3. The second-order valence-corrected chi connectivity index (χ2v) is 19.8. The first-order valence-electron chi connectivity index (χ1n) is 23.8. The lowest BCUT2D eigenvalue weighted by molar-refractivity contribution is -0.141. The number of aromatic nitrogens is 5. The summed E-state index contributed by atoms with van der Waals surface area (Å²) in [7, 11) is 2.09. The number of carbonyl (C=O) groups is 2. The molecule has 3 aliphatic rings. The molecule has 0 unspecified atom stereocenters. The molecule has 3 fully saturated rings. The molecule has 0 spiro atoms. The molecule has 15 nitrogen and oxygen atoms in total. The number of nitrogens with zero attached hydrogens (tertiary/aromatic N) is 8. The summed E-state index contributed by atoms with van der Waals surface area (Å²) in [5.74, 6) is 0.449. The minimum absolute atomic E-state index is 0.0794. The largest absolute Gasteiger partial charge is 0.474 e. The van der Waals surface area contributed by atoms with E-state index in [1.54, 1.807) is 11.3 Å². The molecule has 2 aliphatic heterocycles. The van der Waals surface area contributed by atoms with Gasteiger partial charge in [0, 0.05) is 118 Å². The summed E-state index contributed by atoms with van der Waals surface area (Å²) < 4.78 is 20.5. The Morgan fingerprint density at radius 1 is 0.882 bits per heavy atom. The van der Waals surface area contributed by atoms with Gasteiger partial charge >= 0.3 is 0 Å². The normalized spacial score (nSPS) is 20.8. The second kappa shape index (κ2) is 19.4. The summed E-state index contributed by atoms with van der Waals surface area (Å²) in [6.45, 7) is 12.6. The number of ether oxygens (including phenoxy) is 2. The molecule has 7 aromatic rings. The third-order valence-corrected chi connectivity index (χ3v) is 15.0. The Morgan fingerprint density at radius 3 is 2.40 bits per heavy atom. The Balaban J connectivity index is 0.661. The van der Waals surface area contributed by atoms with Crippen molar-refractivity contribution in [3.8, 4) is 27.4 Å². The lowest BCUT2D eigenvalue weighted by Gasteiger charge is -2.37. The lowest BCUT2D eigenvalue weighted by atomic mass is 9.91. The van der Waals surface area contributed by atoms with Crippen molar-refractivity contribution in [2.75, 3.05) is 50.8 Å².